The van der Waals surface area contributed by atoms with E-state index in [-0.39, 0.29) is 16.8 Å². The number of carbonyl (C=O) groups is 3. The number of hydrogen-bond donors (Lipinski definition) is 3. The van der Waals surface area contributed by atoms with Gasteiger partial charge in [0.05, 0.1) is 18.1 Å². The minimum Gasteiger partial charge on any atom is -0.436 e. The lowest BCUT2D eigenvalue weighted by Gasteiger charge is -2.32. The largest absolute Gasteiger partial charge is 0.436 e. The lowest BCUT2D eigenvalue weighted by molar-refractivity contribution is -0.145. The minimum absolute atomic E-state index is 0.0306. The molecule has 1 aromatic carbocycles. The van der Waals surface area contributed by atoms with E-state index < -0.39 is 28.1 Å². The van der Waals surface area contributed by atoms with Gasteiger partial charge in [0.1, 0.15) is 0 Å². The molecule has 3 amide bonds. The number of nitrogens with zero attached hydrogens (tertiary/aromatic N) is 1. The first-order valence-corrected chi connectivity index (χ1v) is 14.3. The first-order chi connectivity index (χ1) is 17.6. The van der Waals surface area contributed by atoms with E-state index >= 15 is 0 Å². The second-order valence-corrected chi connectivity index (χ2v) is 11.4. The Bertz CT molecular complexity index is 1020. The number of morpholine rings is 1. The van der Waals surface area contributed by atoms with Gasteiger partial charge in [-0.2, -0.15) is 0 Å². The highest BCUT2D eigenvalue weighted by Gasteiger charge is 2.32. The van der Waals surface area contributed by atoms with Crippen LogP contribution in [0.3, 0.4) is 0 Å². The van der Waals surface area contributed by atoms with Gasteiger partial charge in [-0.1, -0.05) is 32.1 Å². The molecule has 0 bridgehead atoms. The molecule has 37 heavy (non-hydrogen) atoms. The molecule has 0 spiro atoms. The Labute approximate surface area is 218 Å². The van der Waals surface area contributed by atoms with E-state index in [2.05, 4.69) is 10.6 Å². The fourth-order valence-corrected chi connectivity index (χ4v) is 5.59. The summed E-state index contributed by atoms with van der Waals surface area (Å²) in [6, 6.07) is 5.58. The van der Waals surface area contributed by atoms with Gasteiger partial charge in [0.15, 0.2) is 6.10 Å². The van der Waals surface area contributed by atoms with E-state index in [1.54, 1.807) is 24.0 Å². The van der Waals surface area contributed by atoms with Crippen LogP contribution in [0, 0.1) is 5.92 Å². The fraction of sp³-hybridized carbons (Fsp3) is 0.640. The highest BCUT2D eigenvalue weighted by molar-refractivity contribution is 7.90. The molecule has 0 radical (unpaired) electrons. The van der Waals surface area contributed by atoms with Crippen LogP contribution in [0.1, 0.15) is 52.4 Å². The molecule has 1 aromatic rings. The molecule has 2 atom stereocenters. The summed E-state index contributed by atoms with van der Waals surface area (Å²) in [5, 5.41) is 5.89. The predicted octanol–water partition coefficient (Wildman–Crippen LogP) is 2.24. The number of nitrogens with one attached hydrogen (secondary N) is 3. The number of amides is 3. The van der Waals surface area contributed by atoms with Crippen molar-refractivity contribution in [2.75, 3.05) is 38.2 Å². The summed E-state index contributed by atoms with van der Waals surface area (Å²) in [5.74, 6) is -0.459. The summed E-state index contributed by atoms with van der Waals surface area (Å²) in [6.45, 7) is 5.23. The van der Waals surface area contributed by atoms with E-state index in [1.807, 2.05) is 4.72 Å². The highest BCUT2D eigenvalue weighted by Crippen LogP contribution is 2.29. The van der Waals surface area contributed by atoms with Gasteiger partial charge < -0.3 is 25.0 Å². The van der Waals surface area contributed by atoms with Crippen molar-refractivity contribution in [3.05, 3.63) is 24.3 Å². The first-order valence-electron chi connectivity index (χ1n) is 12.8. The second kappa shape index (κ2) is 13.6. The van der Waals surface area contributed by atoms with E-state index in [9.17, 15) is 22.8 Å². The summed E-state index contributed by atoms with van der Waals surface area (Å²) >= 11 is 0. The normalized spacial score (nSPS) is 18.4. The maximum absolute atomic E-state index is 13.1. The monoisotopic (exact) mass is 538 g/mol. The Morgan fingerprint density at radius 3 is 2.35 bits per heavy atom. The molecule has 3 rings (SSSR count). The Morgan fingerprint density at radius 2 is 1.73 bits per heavy atom. The molecule has 3 N–H and O–H groups in total. The number of rotatable bonds is 10. The average molecular weight is 539 g/mol. The molecule has 12 heteroatoms. The summed E-state index contributed by atoms with van der Waals surface area (Å²) in [5.41, 5.74) is 0.640. The third kappa shape index (κ3) is 9.19. The molecule has 1 saturated carbocycles. The molecule has 1 aliphatic heterocycles. The average Bonchev–Trinajstić information content (AvgIpc) is 2.87. The maximum atomic E-state index is 13.1. The number of ether oxygens (including phenoxy) is 2. The van der Waals surface area contributed by atoms with Crippen molar-refractivity contribution in [2.24, 2.45) is 5.92 Å². The van der Waals surface area contributed by atoms with Gasteiger partial charge in [0.25, 0.3) is 15.9 Å². The van der Waals surface area contributed by atoms with Gasteiger partial charge in [0, 0.05) is 38.3 Å². The maximum Gasteiger partial charge on any atom is 0.408 e. The van der Waals surface area contributed by atoms with Gasteiger partial charge in [-0.05, 0) is 43.5 Å². The molecule has 206 valence electrons. The van der Waals surface area contributed by atoms with Gasteiger partial charge in [-0.3, -0.25) is 9.59 Å². The van der Waals surface area contributed by atoms with Crippen LogP contribution in [0.4, 0.5) is 10.5 Å². The van der Waals surface area contributed by atoms with Crippen LogP contribution in [0.5, 0.6) is 0 Å². The van der Waals surface area contributed by atoms with E-state index in [0.717, 1.165) is 32.6 Å². The van der Waals surface area contributed by atoms with Gasteiger partial charge in [-0.15, -0.1) is 0 Å². The quantitative estimate of drug-likeness (QED) is 0.412. The molecule has 2 unspecified atom stereocenters. The van der Waals surface area contributed by atoms with Crippen molar-refractivity contribution in [1.82, 2.24) is 14.9 Å². The van der Waals surface area contributed by atoms with Crippen LogP contribution in [0.25, 0.3) is 0 Å². The number of benzene rings is 1. The number of sulfonamides is 1. The molecule has 2 aliphatic rings. The second-order valence-electron chi connectivity index (χ2n) is 9.68. The van der Waals surface area contributed by atoms with Crippen molar-refractivity contribution in [2.45, 2.75) is 69.4 Å². The van der Waals surface area contributed by atoms with Crippen molar-refractivity contribution in [3.63, 3.8) is 0 Å². The Morgan fingerprint density at radius 1 is 1.08 bits per heavy atom. The molecular weight excluding hydrogens is 500 g/mol. The Hall–Kier alpha value is -2.86. The highest BCUT2D eigenvalue weighted by atomic mass is 32.2. The Kier molecular flexibility index (Phi) is 10.6. The van der Waals surface area contributed by atoms with Crippen LogP contribution >= 0.6 is 0 Å². The SMILES string of the molecule is CC(=O)NS(=O)(=O)c1ccc(NCC(C)NC(=O)OC(CC2CCCCC2)C(=O)N2CCOCC2)cc1. The smallest absolute Gasteiger partial charge is 0.408 e. The van der Waals surface area contributed by atoms with Gasteiger partial charge in [-0.25, -0.2) is 17.9 Å². The van der Waals surface area contributed by atoms with E-state index in [1.165, 1.54) is 18.6 Å². The predicted molar refractivity (Wildman–Crippen MR) is 137 cm³/mol. The van der Waals surface area contributed by atoms with Crippen molar-refractivity contribution >= 4 is 33.6 Å². The summed E-state index contributed by atoms with van der Waals surface area (Å²) in [4.78, 5) is 38.6. The molecule has 1 heterocycles. The van der Waals surface area contributed by atoms with Crippen LogP contribution in [0.15, 0.2) is 29.2 Å². The van der Waals surface area contributed by atoms with Crippen LogP contribution < -0.4 is 15.4 Å². The van der Waals surface area contributed by atoms with Crippen molar-refractivity contribution < 1.29 is 32.3 Å². The van der Waals surface area contributed by atoms with Crippen LogP contribution in [0.2, 0.25) is 0 Å². The topological polar surface area (TPSA) is 143 Å². The van der Waals surface area contributed by atoms with E-state index in [0.29, 0.717) is 50.9 Å². The molecule has 1 saturated heterocycles. The van der Waals surface area contributed by atoms with Crippen LogP contribution in [-0.2, 0) is 29.1 Å². The number of alkyl carbamates (subject to hydrolysis) is 1. The number of carbonyl (C=O) groups excluding carboxylic acids is 3. The lowest BCUT2D eigenvalue weighted by atomic mass is 9.85. The van der Waals surface area contributed by atoms with Gasteiger partial charge in [0.2, 0.25) is 5.91 Å². The molecule has 2 fully saturated rings. The Balaban J connectivity index is 1.51. The van der Waals surface area contributed by atoms with Gasteiger partial charge >= 0.3 is 6.09 Å². The van der Waals surface area contributed by atoms with Crippen molar-refractivity contribution in [1.29, 1.82) is 0 Å². The molecular formula is C25H38N4O7S. The number of hydrogen-bond acceptors (Lipinski definition) is 8. The molecule has 1 aliphatic carbocycles. The minimum atomic E-state index is -3.90. The zero-order valence-corrected chi connectivity index (χ0v) is 22.3. The third-order valence-electron chi connectivity index (χ3n) is 6.54. The molecule has 0 aromatic heterocycles. The van der Waals surface area contributed by atoms with Crippen molar-refractivity contribution in [3.8, 4) is 0 Å². The summed E-state index contributed by atoms with van der Waals surface area (Å²) < 4.78 is 37.0. The number of anilines is 1. The van der Waals surface area contributed by atoms with Crippen LogP contribution in [-0.4, -0.2) is 76.2 Å². The molecule has 11 nitrogen and oxygen atoms in total. The summed E-state index contributed by atoms with van der Waals surface area (Å²) in [6.07, 6.45) is 4.64. The standard InChI is InChI=1S/C25H38N4O7S/c1-18(17-26-21-8-10-22(11-9-21)37(33,34)28-19(2)30)27-25(32)36-23(16-20-6-4-3-5-7-20)24(31)29-12-14-35-15-13-29/h8-11,18,20,23,26H,3-7,12-17H2,1-2H3,(H,27,32)(H,28,30). The lowest BCUT2D eigenvalue weighted by Crippen LogP contribution is -2.49. The first kappa shape index (κ1) is 28.7. The zero-order chi connectivity index (χ0) is 26.8. The van der Waals surface area contributed by atoms with E-state index in [4.69, 9.17) is 9.47 Å². The third-order valence-corrected chi connectivity index (χ3v) is 7.99. The summed E-state index contributed by atoms with van der Waals surface area (Å²) in [7, 11) is -3.90. The zero-order valence-electron chi connectivity index (χ0n) is 21.5. The fourth-order valence-electron chi connectivity index (χ4n) is 4.60.